The normalized spacial score (nSPS) is 19.6. The third kappa shape index (κ3) is 3.47. The fourth-order valence-corrected chi connectivity index (χ4v) is 2.46. The molecule has 3 rings (SSSR count). The molecule has 0 spiro atoms. The van der Waals surface area contributed by atoms with Crippen molar-refractivity contribution >= 4 is 17.4 Å². The zero-order valence-corrected chi connectivity index (χ0v) is 12.2. The molecule has 1 aliphatic heterocycles. The molecule has 0 unspecified atom stereocenters. The first-order chi connectivity index (χ1) is 10.2. The van der Waals surface area contributed by atoms with Gasteiger partial charge in [0.05, 0.1) is 17.3 Å². The number of nitrogens with zero attached hydrogens (tertiary/aromatic N) is 4. The molecule has 2 aromatic heterocycles. The number of hydrogen-bond donors (Lipinski definition) is 1. The number of nitrogen functional groups attached to an aromatic ring is 1. The number of pyridine rings is 1. The van der Waals surface area contributed by atoms with E-state index < -0.39 is 0 Å². The van der Waals surface area contributed by atoms with Gasteiger partial charge in [-0.25, -0.2) is 4.98 Å². The van der Waals surface area contributed by atoms with Gasteiger partial charge in [0.1, 0.15) is 17.6 Å². The first kappa shape index (κ1) is 14.2. The molecular weight excluding hydrogens is 290 g/mol. The van der Waals surface area contributed by atoms with Gasteiger partial charge in [-0.05, 0) is 12.1 Å². The van der Waals surface area contributed by atoms with Crippen molar-refractivity contribution in [1.82, 2.24) is 19.9 Å². The molecule has 0 aliphatic carbocycles. The molecule has 21 heavy (non-hydrogen) atoms. The van der Waals surface area contributed by atoms with Crippen LogP contribution in [0.3, 0.4) is 0 Å². The molecule has 0 saturated carbocycles. The zero-order chi connectivity index (χ0) is 14.7. The van der Waals surface area contributed by atoms with E-state index >= 15 is 0 Å². The van der Waals surface area contributed by atoms with Crippen LogP contribution in [0.2, 0.25) is 5.02 Å². The lowest BCUT2D eigenvalue weighted by molar-refractivity contribution is -0.0350. The van der Waals surface area contributed by atoms with Crippen molar-refractivity contribution in [1.29, 1.82) is 0 Å². The minimum absolute atomic E-state index is 0.153. The summed E-state index contributed by atoms with van der Waals surface area (Å²) < 4.78 is 5.77. The SMILES string of the molecule is Nc1nccnc1[C@H]1CN(Cc2ccc(Cl)cn2)CCO1. The highest BCUT2D eigenvalue weighted by Gasteiger charge is 2.25. The topological polar surface area (TPSA) is 77.2 Å². The number of ether oxygens (including phenoxy) is 1. The third-order valence-corrected chi connectivity index (χ3v) is 3.61. The second-order valence-electron chi connectivity index (χ2n) is 4.89. The molecule has 3 heterocycles. The lowest BCUT2D eigenvalue weighted by Gasteiger charge is -2.32. The van der Waals surface area contributed by atoms with E-state index in [-0.39, 0.29) is 6.10 Å². The van der Waals surface area contributed by atoms with Gasteiger partial charge in [-0.1, -0.05) is 11.6 Å². The summed E-state index contributed by atoms with van der Waals surface area (Å²) in [4.78, 5) is 14.9. The first-order valence-corrected chi connectivity index (χ1v) is 7.11. The van der Waals surface area contributed by atoms with Crippen molar-refractivity contribution in [3.8, 4) is 0 Å². The lowest BCUT2D eigenvalue weighted by Crippen LogP contribution is -2.38. The van der Waals surface area contributed by atoms with E-state index in [4.69, 9.17) is 22.1 Å². The molecule has 2 N–H and O–H groups in total. The maximum absolute atomic E-state index is 5.87. The number of morpholine rings is 1. The van der Waals surface area contributed by atoms with Gasteiger partial charge < -0.3 is 10.5 Å². The second-order valence-corrected chi connectivity index (χ2v) is 5.33. The zero-order valence-electron chi connectivity index (χ0n) is 11.4. The van der Waals surface area contributed by atoms with Crippen LogP contribution in [-0.4, -0.2) is 39.5 Å². The van der Waals surface area contributed by atoms with Crippen LogP contribution in [0.4, 0.5) is 5.82 Å². The van der Waals surface area contributed by atoms with Crippen molar-refractivity contribution < 1.29 is 4.74 Å². The third-order valence-electron chi connectivity index (χ3n) is 3.39. The fourth-order valence-electron chi connectivity index (χ4n) is 2.35. The largest absolute Gasteiger partial charge is 0.382 e. The number of rotatable bonds is 3. The molecule has 110 valence electrons. The van der Waals surface area contributed by atoms with Gasteiger partial charge in [0, 0.05) is 38.2 Å². The minimum Gasteiger partial charge on any atom is -0.382 e. The predicted molar refractivity (Wildman–Crippen MR) is 79.7 cm³/mol. The lowest BCUT2D eigenvalue weighted by atomic mass is 10.2. The molecule has 0 bridgehead atoms. The Morgan fingerprint density at radius 3 is 2.90 bits per heavy atom. The fraction of sp³-hybridized carbons (Fsp3) is 0.357. The molecule has 2 aromatic rings. The standard InChI is InChI=1S/C14H16ClN5O/c15-10-1-2-11(19-7-10)8-20-5-6-21-12(9-20)13-14(16)18-4-3-17-13/h1-4,7,12H,5-6,8-9H2,(H2,16,18)/t12-/m1/s1. The minimum atomic E-state index is -0.153. The summed E-state index contributed by atoms with van der Waals surface area (Å²) >= 11 is 5.85. The van der Waals surface area contributed by atoms with Crippen LogP contribution < -0.4 is 5.73 Å². The Morgan fingerprint density at radius 2 is 2.14 bits per heavy atom. The average Bonchev–Trinajstić information content (AvgIpc) is 2.50. The van der Waals surface area contributed by atoms with Crippen molar-refractivity contribution in [3.63, 3.8) is 0 Å². The van der Waals surface area contributed by atoms with Crippen molar-refractivity contribution in [3.05, 3.63) is 47.1 Å². The van der Waals surface area contributed by atoms with Crippen LogP contribution in [0.25, 0.3) is 0 Å². The summed E-state index contributed by atoms with van der Waals surface area (Å²) in [5, 5.41) is 0.644. The highest BCUT2D eigenvalue weighted by molar-refractivity contribution is 6.30. The quantitative estimate of drug-likeness (QED) is 0.929. The van der Waals surface area contributed by atoms with Crippen LogP contribution in [0.1, 0.15) is 17.5 Å². The van der Waals surface area contributed by atoms with Crippen molar-refractivity contribution in [2.45, 2.75) is 12.6 Å². The maximum Gasteiger partial charge on any atom is 0.147 e. The van der Waals surface area contributed by atoms with Crippen molar-refractivity contribution in [2.24, 2.45) is 0 Å². The Morgan fingerprint density at radius 1 is 1.29 bits per heavy atom. The number of hydrogen-bond acceptors (Lipinski definition) is 6. The Labute approximate surface area is 127 Å². The molecular formula is C14H16ClN5O. The van der Waals surface area contributed by atoms with Gasteiger partial charge in [-0.3, -0.25) is 14.9 Å². The summed E-state index contributed by atoms with van der Waals surface area (Å²) in [5.41, 5.74) is 7.55. The van der Waals surface area contributed by atoms with Gasteiger partial charge in [0.25, 0.3) is 0 Å². The van der Waals surface area contributed by atoms with Crippen LogP contribution in [-0.2, 0) is 11.3 Å². The van der Waals surface area contributed by atoms with E-state index in [9.17, 15) is 0 Å². The molecule has 1 fully saturated rings. The van der Waals surface area contributed by atoms with Gasteiger partial charge in [0.15, 0.2) is 0 Å². The first-order valence-electron chi connectivity index (χ1n) is 6.73. The molecule has 0 aromatic carbocycles. The van der Waals surface area contributed by atoms with E-state index in [2.05, 4.69) is 19.9 Å². The summed E-state index contributed by atoms with van der Waals surface area (Å²) in [6, 6.07) is 3.78. The number of halogens is 1. The van der Waals surface area contributed by atoms with Gasteiger partial charge in [-0.15, -0.1) is 0 Å². The maximum atomic E-state index is 5.87. The Bertz CT molecular complexity index is 607. The van der Waals surface area contributed by atoms with Gasteiger partial charge >= 0.3 is 0 Å². The molecule has 6 nitrogen and oxygen atoms in total. The summed E-state index contributed by atoms with van der Waals surface area (Å²) in [7, 11) is 0. The van der Waals surface area contributed by atoms with E-state index in [1.54, 1.807) is 18.6 Å². The molecule has 1 saturated heterocycles. The summed E-state index contributed by atoms with van der Waals surface area (Å²) in [6.07, 6.45) is 4.72. The van der Waals surface area contributed by atoms with E-state index in [0.29, 0.717) is 29.7 Å². The highest BCUT2D eigenvalue weighted by Crippen LogP contribution is 2.24. The van der Waals surface area contributed by atoms with Gasteiger partial charge in [-0.2, -0.15) is 0 Å². The van der Waals surface area contributed by atoms with E-state index in [1.165, 1.54) is 0 Å². The number of nitrogens with two attached hydrogens (primary N) is 1. The Balaban J connectivity index is 1.68. The Kier molecular flexibility index (Phi) is 4.28. The predicted octanol–water partition coefficient (Wildman–Crippen LogP) is 1.68. The van der Waals surface area contributed by atoms with Crippen LogP contribution in [0.5, 0.6) is 0 Å². The average molecular weight is 306 g/mol. The van der Waals surface area contributed by atoms with Crippen LogP contribution in [0.15, 0.2) is 30.7 Å². The highest BCUT2D eigenvalue weighted by atomic mass is 35.5. The molecule has 1 atom stereocenters. The Hall–Kier alpha value is -1.76. The smallest absolute Gasteiger partial charge is 0.147 e. The summed E-state index contributed by atoms with van der Waals surface area (Å²) in [5.74, 6) is 0.425. The molecule has 0 radical (unpaired) electrons. The summed E-state index contributed by atoms with van der Waals surface area (Å²) in [6.45, 7) is 2.94. The molecule has 0 amide bonds. The number of anilines is 1. The monoisotopic (exact) mass is 305 g/mol. The van der Waals surface area contributed by atoms with Crippen molar-refractivity contribution in [2.75, 3.05) is 25.4 Å². The van der Waals surface area contributed by atoms with Crippen LogP contribution in [0, 0.1) is 0 Å². The van der Waals surface area contributed by atoms with E-state index in [1.807, 2.05) is 12.1 Å². The number of aromatic nitrogens is 3. The molecule has 7 heteroatoms. The molecule has 1 aliphatic rings. The van der Waals surface area contributed by atoms with Crippen LogP contribution >= 0.6 is 11.6 Å². The second kappa shape index (κ2) is 6.34. The van der Waals surface area contributed by atoms with E-state index in [0.717, 1.165) is 18.8 Å². The van der Waals surface area contributed by atoms with Gasteiger partial charge in [0.2, 0.25) is 0 Å².